The monoisotopic (exact) mass is 460 g/mol. The maximum Gasteiger partial charge on any atom is 0.303 e. The average Bonchev–Trinajstić information content (AvgIpc) is 2.65. The van der Waals surface area contributed by atoms with Gasteiger partial charge in [0.2, 0.25) is 0 Å². The molecule has 1 aromatic carbocycles. The van der Waals surface area contributed by atoms with Crippen molar-refractivity contribution >= 4 is 33.8 Å². The van der Waals surface area contributed by atoms with Crippen molar-refractivity contribution in [2.75, 3.05) is 12.4 Å². The zero-order chi connectivity index (χ0) is 22.5. The fourth-order valence-electron chi connectivity index (χ4n) is 3.16. The third-order valence-electron chi connectivity index (χ3n) is 4.58. The average molecular weight is 461 g/mol. The lowest BCUT2D eigenvalue weighted by molar-refractivity contribution is -0.213. The molecule has 10 heteroatoms. The molecular formula is C20H28O8S2. The minimum absolute atomic E-state index is 0.0114. The van der Waals surface area contributed by atoms with Gasteiger partial charge >= 0.3 is 11.9 Å². The SMILES string of the molecule is CCS[C@@H]1OC(COS(=O)(=O)c2ccc(C)cc2)[C@H](OC(C)=O)[C@H](OC(C)=O)C1C. The maximum absolute atomic E-state index is 12.6. The molecule has 8 nitrogen and oxygen atoms in total. The predicted octanol–water partition coefficient (Wildman–Crippen LogP) is 2.68. The third-order valence-corrected chi connectivity index (χ3v) is 7.08. The second-order valence-corrected chi connectivity index (χ2v) is 10.0. The summed E-state index contributed by atoms with van der Waals surface area (Å²) in [5, 5.41) is 0. The minimum Gasteiger partial charge on any atom is -0.458 e. The van der Waals surface area contributed by atoms with Crippen LogP contribution in [0, 0.1) is 12.8 Å². The van der Waals surface area contributed by atoms with Crippen LogP contribution in [0.3, 0.4) is 0 Å². The number of carbonyl (C=O) groups is 2. The molecule has 0 aliphatic carbocycles. The molecule has 0 aromatic heterocycles. The van der Waals surface area contributed by atoms with Crippen LogP contribution < -0.4 is 0 Å². The molecule has 0 spiro atoms. The van der Waals surface area contributed by atoms with Crippen molar-refractivity contribution in [1.82, 2.24) is 0 Å². The van der Waals surface area contributed by atoms with Gasteiger partial charge in [-0.1, -0.05) is 31.5 Å². The number of esters is 2. The molecule has 30 heavy (non-hydrogen) atoms. The molecule has 0 amide bonds. The zero-order valence-corrected chi connectivity index (χ0v) is 19.3. The first kappa shape index (κ1) is 24.6. The van der Waals surface area contributed by atoms with Gasteiger partial charge in [0, 0.05) is 19.8 Å². The van der Waals surface area contributed by atoms with E-state index in [9.17, 15) is 18.0 Å². The van der Waals surface area contributed by atoms with Gasteiger partial charge in [-0.05, 0) is 24.8 Å². The fraction of sp³-hybridized carbons (Fsp3) is 0.600. The molecule has 1 heterocycles. The number of hydrogen-bond donors (Lipinski definition) is 0. The Labute approximate surface area is 181 Å². The van der Waals surface area contributed by atoms with Gasteiger partial charge in [-0.15, -0.1) is 11.8 Å². The van der Waals surface area contributed by atoms with E-state index < -0.39 is 40.4 Å². The summed E-state index contributed by atoms with van der Waals surface area (Å²) in [5.74, 6) is -0.679. The molecule has 1 saturated heterocycles. The molecule has 0 saturated carbocycles. The Hall–Kier alpha value is -1.62. The van der Waals surface area contributed by atoms with E-state index in [1.807, 2.05) is 20.8 Å². The zero-order valence-electron chi connectivity index (χ0n) is 17.7. The highest BCUT2D eigenvalue weighted by atomic mass is 32.2. The Morgan fingerprint density at radius 1 is 1.07 bits per heavy atom. The van der Waals surface area contributed by atoms with Crippen LogP contribution in [-0.4, -0.2) is 56.5 Å². The van der Waals surface area contributed by atoms with Gasteiger partial charge in [0.15, 0.2) is 6.10 Å². The summed E-state index contributed by atoms with van der Waals surface area (Å²) in [6.07, 6.45) is -2.72. The molecule has 1 fully saturated rings. The van der Waals surface area contributed by atoms with E-state index in [0.29, 0.717) is 0 Å². The molecule has 5 atom stereocenters. The Balaban J connectivity index is 2.26. The van der Waals surface area contributed by atoms with Crippen molar-refractivity contribution in [1.29, 1.82) is 0 Å². The van der Waals surface area contributed by atoms with Crippen molar-refractivity contribution in [3.63, 3.8) is 0 Å². The second-order valence-electron chi connectivity index (χ2n) is 7.06. The highest BCUT2D eigenvalue weighted by molar-refractivity contribution is 7.99. The van der Waals surface area contributed by atoms with E-state index >= 15 is 0 Å². The van der Waals surface area contributed by atoms with Gasteiger partial charge in [-0.2, -0.15) is 8.42 Å². The van der Waals surface area contributed by atoms with Crippen LogP contribution in [0.1, 0.15) is 33.3 Å². The summed E-state index contributed by atoms with van der Waals surface area (Å²) in [5.41, 5.74) is 0.527. The first-order valence-corrected chi connectivity index (χ1v) is 12.1. The number of thioether (sulfide) groups is 1. The van der Waals surface area contributed by atoms with Gasteiger partial charge in [0.25, 0.3) is 10.1 Å². The predicted molar refractivity (Wildman–Crippen MR) is 111 cm³/mol. The van der Waals surface area contributed by atoms with E-state index in [2.05, 4.69) is 0 Å². The lowest BCUT2D eigenvalue weighted by Gasteiger charge is -2.43. The number of hydrogen-bond acceptors (Lipinski definition) is 9. The largest absolute Gasteiger partial charge is 0.458 e. The minimum atomic E-state index is -4.05. The summed E-state index contributed by atoms with van der Waals surface area (Å²) in [4.78, 5) is 23.3. The van der Waals surface area contributed by atoms with Crippen molar-refractivity contribution in [3.8, 4) is 0 Å². The molecular weight excluding hydrogens is 432 g/mol. The van der Waals surface area contributed by atoms with Crippen molar-refractivity contribution in [2.24, 2.45) is 5.92 Å². The first-order valence-electron chi connectivity index (χ1n) is 9.62. The van der Waals surface area contributed by atoms with E-state index in [1.54, 1.807) is 12.1 Å². The number of benzene rings is 1. The molecule has 1 aromatic rings. The molecule has 168 valence electrons. The third kappa shape index (κ3) is 6.44. The molecule has 0 N–H and O–H groups in total. The van der Waals surface area contributed by atoms with E-state index in [-0.39, 0.29) is 22.9 Å². The number of rotatable bonds is 8. The topological polar surface area (TPSA) is 105 Å². The maximum atomic E-state index is 12.6. The van der Waals surface area contributed by atoms with Crippen molar-refractivity contribution in [2.45, 2.75) is 63.3 Å². The quantitative estimate of drug-likeness (QED) is 0.427. The fourth-order valence-corrected chi connectivity index (χ4v) is 5.09. The molecule has 0 radical (unpaired) electrons. The van der Waals surface area contributed by atoms with E-state index in [0.717, 1.165) is 11.3 Å². The smallest absolute Gasteiger partial charge is 0.303 e. The molecule has 2 unspecified atom stereocenters. The van der Waals surface area contributed by atoms with Crippen LogP contribution in [0.15, 0.2) is 29.2 Å². The summed E-state index contributed by atoms with van der Waals surface area (Å²) >= 11 is 1.49. The van der Waals surface area contributed by atoms with Crippen LogP contribution in [0.5, 0.6) is 0 Å². The van der Waals surface area contributed by atoms with Gasteiger partial charge < -0.3 is 14.2 Å². The highest BCUT2D eigenvalue weighted by Crippen LogP contribution is 2.36. The van der Waals surface area contributed by atoms with Crippen molar-refractivity contribution in [3.05, 3.63) is 29.8 Å². The number of ether oxygens (including phenoxy) is 3. The van der Waals surface area contributed by atoms with Gasteiger partial charge in [0.1, 0.15) is 17.6 Å². The number of aryl methyl sites for hydroxylation is 1. The standard InChI is InChI=1S/C20H28O8S2/c1-6-29-20-13(3)18(26-14(4)21)19(27-15(5)22)17(28-20)11-25-30(23,24)16-9-7-12(2)8-10-16/h7-10,13,17-20H,6,11H2,1-5H3/t13?,17?,18-,19+,20+/m1/s1. The molecule has 0 bridgehead atoms. The van der Waals surface area contributed by atoms with Gasteiger partial charge in [-0.25, -0.2) is 0 Å². The summed E-state index contributed by atoms with van der Waals surface area (Å²) in [6, 6.07) is 6.24. The van der Waals surface area contributed by atoms with Gasteiger partial charge in [0.05, 0.1) is 11.5 Å². The molecule has 1 aliphatic heterocycles. The van der Waals surface area contributed by atoms with Gasteiger partial charge in [-0.3, -0.25) is 13.8 Å². The summed E-state index contributed by atoms with van der Waals surface area (Å²) < 4.78 is 47.2. The summed E-state index contributed by atoms with van der Waals surface area (Å²) in [6.45, 7) is 7.73. The summed E-state index contributed by atoms with van der Waals surface area (Å²) in [7, 11) is -4.05. The second kappa shape index (κ2) is 10.6. The van der Waals surface area contributed by atoms with E-state index in [1.165, 1.54) is 37.7 Å². The normalized spacial score (nSPS) is 26.8. The Bertz CT molecular complexity index is 837. The molecule has 1 aliphatic rings. The number of carbonyl (C=O) groups excluding carboxylic acids is 2. The van der Waals surface area contributed by atoms with Crippen LogP contribution in [-0.2, 0) is 38.1 Å². The Kier molecular flexibility index (Phi) is 8.72. The van der Waals surface area contributed by atoms with Crippen LogP contribution in [0.25, 0.3) is 0 Å². The lowest BCUT2D eigenvalue weighted by Crippen LogP contribution is -2.57. The Morgan fingerprint density at radius 2 is 1.63 bits per heavy atom. The van der Waals surface area contributed by atoms with Crippen LogP contribution in [0.4, 0.5) is 0 Å². The lowest BCUT2D eigenvalue weighted by atomic mass is 9.93. The Morgan fingerprint density at radius 3 is 2.17 bits per heavy atom. The van der Waals surface area contributed by atoms with Crippen LogP contribution >= 0.6 is 11.8 Å². The highest BCUT2D eigenvalue weighted by Gasteiger charge is 2.48. The van der Waals surface area contributed by atoms with Crippen molar-refractivity contribution < 1.29 is 36.4 Å². The van der Waals surface area contributed by atoms with Crippen LogP contribution in [0.2, 0.25) is 0 Å². The first-order chi connectivity index (χ1) is 14.0. The molecule has 2 rings (SSSR count). The van der Waals surface area contributed by atoms with E-state index in [4.69, 9.17) is 18.4 Å².